The van der Waals surface area contributed by atoms with Gasteiger partial charge in [0.2, 0.25) is 5.89 Å². The summed E-state index contributed by atoms with van der Waals surface area (Å²) in [5.74, 6) is 2.67. The molecule has 0 atom stereocenters. The molecule has 0 saturated carbocycles. The highest BCUT2D eigenvalue weighted by molar-refractivity contribution is 5.80. The summed E-state index contributed by atoms with van der Waals surface area (Å²) in [6, 6.07) is 8.77. The first kappa shape index (κ1) is 20.3. The number of aromatic nitrogens is 2. The van der Waals surface area contributed by atoms with Crippen LogP contribution >= 0.6 is 0 Å². The van der Waals surface area contributed by atoms with E-state index in [9.17, 15) is 0 Å². The summed E-state index contributed by atoms with van der Waals surface area (Å²) in [5, 5.41) is 7.44. The predicted octanol–water partition coefficient (Wildman–Crippen LogP) is 2.44. The van der Waals surface area contributed by atoms with Gasteiger partial charge in [-0.3, -0.25) is 9.89 Å². The minimum absolute atomic E-state index is 0.286. The fourth-order valence-electron chi connectivity index (χ4n) is 3.40. The monoisotopic (exact) mass is 384 g/mol. The van der Waals surface area contributed by atoms with Crippen LogP contribution in [0.3, 0.4) is 0 Å². The lowest BCUT2D eigenvalue weighted by Crippen LogP contribution is -2.52. The highest BCUT2D eigenvalue weighted by Crippen LogP contribution is 2.11. The van der Waals surface area contributed by atoms with Crippen LogP contribution in [0.25, 0.3) is 0 Å². The largest absolute Gasteiger partial charge is 0.356 e. The molecular formula is C21H32N6O. The molecule has 0 bridgehead atoms. The first-order chi connectivity index (χ1) is 13.5. The average molecular weight is 385 g/mol. The van der Waals surface area contributed by atoms with Crippen LogP contribution in [0.2, 0.25) is 0 Å². The molecule has 1 aliphatic heterocycles. The Hall–Kier alpha value is -2.41. The Balaban J connectivity index is 1.43. The molecule has 152 valence electrons. The van der Waals surface area contributed by atoms with Crippen LogP contribution in [-0.4, -0.2) is 65.7 Å². The van der Waals surface area contributed by atoms with Crippen molar-refractivity contribution in [1.29, 1.82) is 0 Å². The summed E-state index contributed by atoms with van der Waals surface area (Å²) in [4.78, 5) is 13.7. The number of aryl methyl sites for hydroxylation is 1. The van der Waals surface area contributed by atoms with Gasteiger partial charge in [-0.1, -0.05) is 48.8 Å². The van der Waals surface area contributed by atoms with Gasteiger partial charge >= 0.3 is 0 Å². The third kappa shape index (κ3) is 5.55. The quantitative estimate of drug-likeness (QED) is 0.609. The SMILES string of the molecule is CN=C(NCCc1nc(C(C)C)no1)N1CCN(Cc2cccc(C)c2)CC1. The van der Waals surface area contributed by atoms with Crippen molar-refractivity contribution in [1.82, 2.24) is 25.3 Å². The number of nitrogens with zero attached hydrogens (tertiary/aromatic N) is 5. The highest BCUT2D eigenvalue weighted by Gasteiger charge is 2.19. The lowest BCUT2D eigenvalue weighted by Gasteiger charge is -2.36. The minimum atomic E-state index is 0.286. The van der Waals surface area contributed by atoms with Gasteiger partial charge in [0, 0.05) is 58.7 Å². The number of guanidine groups is 1. The van der Waals surface area contributed by atoms with E-state index < -0.39 is 0 Å². The molecule has 0 radical (unpaired) electrons. The molecule has 1 aromatic carbocycles. The fourth-order valence-corrected chi connectivity index (χ4v) is 3.40. The summed E-state index contributed by atoms with van der Waals surface area (Å²) in [5.41, 5.74) is 2.71. The van der Waals surface area contributed by atoms with Gasteiger partial charge in [0.1, 0.15) is 0 Å². The number of aliphatic imine (C=N–C) groups is 1. The van der Waals surface area contributed by atoms with Crippen molar-refractivity contribution < 1.29 is 4.52 Å². The molecule has 1 saturated heterocycles. The summed E-state index contributed by atoms with van der Waals surface area (Å²) >= 11 is 0. The molecule has 1 N–H and O–H groups in total. The maximum atomic E-state index is 5.30. The zero-order valence-corrected chi connectivity index (χ0v) is 17.5. The normalized spacial score (nSPS) is 16.0. The molecule has 1 aromatic heterocycles. The average Bonchev–Trinajstić information content (AvgIpc) is 3.15. The van der Waals surface area contributed by atoms with Gasteiger partial charge in [0.05, 0.1) is 0 Å². The molecule has 2 heterocycles. The van der Waals surface area contributed by atoms with E-state index in [1.807, 2.05) is 7.05 Å². The van der Waals surface area contributed by atoms with Crippen LogP contribution in [0.5, 0.6) is 0 Å². The second kappa shape index (κ2) is 9.68. The molecule has 7 nitrogen and oxygen atoms in total. The van der Waals surface area contributed by atoms with E-state index in [1.165, 1.54) is 11.1 Å². The summed E-state index contributed by atoms with van der Waals surface area (Å²) in [6.07, 6.45) is 0.700. The van der Waals surface area contributed by atoms with Crippen LogP contribution in [0.15, 0.2) is 33.8 Å². The molecule has 0 unspecified atom stereocenters. The van der Waals surface area contributed by atoms with Crippen LogP contribution in [0.4, 0.5) is 0 Å². The van der Waals surface area contributed by atoms with E-state index in [0.29, 0.717) is 12.3 Å². The number of piperazine rings is 1. The van der Waals surface area contributed by atoms with Gasteiger partial charge in [0.25, 0.3) is 0 Å². The Morgan fingerprint density at radius 1 is 1.25 bits per heavy atom. The molecule has 0 spiro atoms. The Morgan fingerprint density at radius 3 is 2.68 bits per heavy atom. The maximum Gasteiger partial charge on any atom is 0.228 e. The highest BCUT2D eigenvalue weighted by atomic mass is 16.5. The van der Waals surface area contributed by atoms with Crippen LogP contribution in [0.1, 0.15) is 42.6 Å². The molecule has 3 rings (SSSR count). The molecule has 28 heavy (non-hydrogen) atoms. The van der Waals surface area contributed by atoms with E-state index >= 15 is 0 Å². The van der Waals surface area contributed by atoms with Crippen molar-refractivity contribution in [3.63, 3.8) is 0 Å². The van der Waals surface area contributed by atoms with E-state index in [2.05, 4.69) is 75.3 Å². The van der Waals surface area contributed by atoms with E-state index in [-0.39, 0.29) is 5.92 Å². The molecular weight excluding hydrogens is 352 g/mol. The minimum Gasteiger partial charge on any atom is -0.356 e. The zero-order valence-electron chi connectivity index (χ0n) is 17.5. The number of nitrogens with one attached hydrogen (secondary N) is 1. The van der Waals surface area contributed by atoms with Gasteiger partial charge in [0.15, 0.2) is 11.8 Å². The third-order valence-electron chi connectivity index (χ3n) is 4.99. The standard InChI is InChI=1S/C21H32N6O/c1-16(2)20-24-19(28-25-20)8-9-23-21(22-4)27-12-10-26(11-13-27)15-18-7-5-6-17(3)14-18/h5-7,14,16H,8-13,15H2,1-4H3,(H,22,23). The number of rotatable bonds is 6. The van der Waals surface area contributed by atoms with Crippen molar-refractivity contribution in [2.24, 2.45) is 4.99 Å². The lowest BCUT2D eigenvalue weighted by molar-refractivity contribution is 0.172. The maximum absolute atomic E-state index is 5.30. The Morgan fingerprint density at radius 2 is 2.04 bits per heavy atom. The van der Waals surface area contributed by atoms with E-state index in [1.54, 1.807) is 0 Å². The van der Waals surface area contributed by atoms with Crippen molar-refractivity contribution in [3.8, 4) is 0 Å². The molecule has 1 fully saturated rings. The van der Waals surface area contributed by atoms with Crippen LogP contribution < -0.4 is 5.32 Å². The molecule has 7 heteroatoms. The third-order valence-corrected chi connectivity index (χ3v) is 4.99. The topological polar surface area (TPSA) is 69.8 Å². The molecule has 1 aliphatic rings. The second-order valence-corrected chi connectivity index (χ2v) is 7.68. The smallest absolute Gasteiger partial charge is 0.228 e. The van der Waals surface area contributed by atoms with Crippen molar-refractivity contribution in [2.75, 3.05) is 39.8 Å². The first-order valence-corrected chi connectivity index (χ1v) is 10.1. The number of hydrogen-bond acceptors (Lipinski definition) is 5. The molecule has 2 aromatic rings. The summed E-state index contributed by atoms with van der Waals surface area (Å²) in [6.45, 7) is 12.0. The number of benzene rings is 1. The molecule has 0 amide bonds. The first-order valence-electron chi connectivity index (χ1n) is 10.1. The van der Waals surface area contributed by atoms with Crippen molar-refractivity contribution in [3.05, 3.63) is 47.1 Å². The molecule has 0 aliphatic carbocycles. The Kier molecular flexibility index (Phi) is 7.03. The fraction of sp³-hybridized carbons (Fsp3) is 0.571. The van der Waals surface area contributed by atoms with Gasteiger partial charge < -0.3 is 14.7 Å². The van der Waals surface area contributed by atoms with Gasteiger partial charge in [-0.05, 0) is 12.5 Å². The lowest BCUT2D eigenvalue weighted by atomic mass is 10.1. The van der Waals surface area contributed by atoms with Crippen LogP contribution in [-0.2, 0) is 13.0 Å². The zero-order chi connectivity index (χ0) is 19.9. The van der Waals surface area contributed by atoms with Gasteiger partial charge in [-0.25, -0.2) is 0 Å². The summed E-state index contributed by atoms with van der Waals surface area (Å²) in [7, 11) is 1.84. The Labute approximate surface area is 167 Å². The second-order valence-electron chi connectivity index (χ2n) is 7.68. The van der Waals surface area contributed by atoms with E-state index in [4.69, 9.17) is 4.52 Å². The van der Waals surface area contributed by atoms with Gasteiger partial charge in [-0.2, -0.15) is 4.98 Å². The summed E-state index contributed by atoms with van der Waals surface area (Å²) < 4.78 is 5.30. The Bertz CT molecular complexity index is 777. The van der Waals surface area contributed by atoms with Crippen molar-refractivity contribution >= 4 is 5.96 Å². The van der Waals surface area contributed by atoms with Gasteiger partial charge in [-0.15, -0.1) is 0 Å². The van der Waals surface area contributed by atoms with Crippen LogP contribution in [0, 0.1) is 6.92 Å². The number of hydrogen-bond donors (Lipinski definition) is 1. The van der Waals surface area contributed by atoms with E-state index in [0.717, 1.165) is 51.1 Å². The predicted molar refractivity (Wildman–Crippen MR) is 111 cm³/mol. The van der Waals surface area contributed by atoms with Crippen molar-refractivity contribution in [2.45, 2.75) is 39.7 Å².